The summed E-state index contributed by atoms with van der Waals surface area (Å²) in [5.74, 6) is -0.488. The summed E-state index contributed by atoms with van der Waals surface area (Å²) >= 11 is 1.56. The van der Waals surface area contributed by atoms with E-state index >= 15 is 0 Å². The minimum Gasteiger partial charge on any atom is -0.481 e. The Morgan fingerprint density at radius 3 is 2.75 bits per heavy atom. The molecule has 1 rings (SSSR count). The molecule has 1 unspecified atom stereocenters. The number of amides is 2. The first-order valence-electron chi connectivity index (χ1n) is 6.62. The highest BCUT2D eigenvalue weighted by molar-refractivity contribution is 7.11. The molecule has 7 heteroatoms. The number of carboxylic acid groups (broad SMARTS) is 1. The molecule has 0 aliphatic rings. The first kappa shape index (κ1) is 16.4. The number of hydrogen-bond acceptors (Lipinski definition) is 4. The number of urea groups is 1. The van der Waals surface area contributed by atoms with Gasteiger partial charge in [-0.3, -0.25) is 4.79 Å². The van der Waals surface area contributed by atoms with Crippen molar-refractivity contribution < 1.29 is 14.7 Å². The van der Waals surface area contributed by atoms with Crippen molar-refractivity contribution in [1.29, 1.82) is 0 Å². The topological polar surface area (TPSA) is 91.3 Å². The zero-order valence-electron chi connectivity index (χ0n) is 11.8. The smallest absolute Gasteiger partial charge is 0.315 e. The molecule has 0 spiro atoms. The third-order valence-corrected chi connectivity index (χ3v) is 3.78. The average molecular weight is 299 g/mol. The summed E-state index contributed by atoms with van der Waals surface area (Å²) in [6.45, 7) is 4.94. The average Bonchev–Trinajstić information content (AvgIpc) is 2.80. The molecule has 112 valence electrons. The predicted octanol–water partition coefficient (Wildman–Crippen LogP) is 2.14. The van der Waals surface area contributed by atoms with Gasteiger partial charge in [-0.05, 0) is 25.7 Å². The molecular weight excluding hydrogens is 278 g/mol. The zero-order chi connectivity index (χ0) is 15.0. The summed E-state index contributed by atoms with van der Waals surface area (Å²) in [6, 6.07) is -0.207. The molecule has 0 radical (unpaired) electrons. The lowest BCUT2D eigenvalue weighted by Crippen LogP contribution is -2.35. The third kappa shape index (κ3) is 7.08. The Hall–Kier alpha value is -1.63. The Morgan fingerprint density at radius 2 is 2.15 bits per heavy atom. The minimum absolute atomic E-state index is 0.179. The van der Waals surface area contributed by atoms with Crippen LogP contribution in [0.1, 0.15) is 36.1 Å². The monoisotopic (exact) mass is 299 g/mol. The number of nitrogens with zero attached hydrogens (tertiary/aromatic N) is 1. The summed E-state index contributed by atoms with van der Waals surface area (Å²) in [5.41, 5.74) is 0. The SMILES string of the molecule is Cc1ncc(CNC(=O)NCCC(C)CCC(=O)O)s1. The lowest BCUT2D eigenvalue weighted by Gasteiger charge is -2.11. The fraction of sp³-hybridized carbons (Fsp3) is 0.615. The van der Waals surface area contributed by atoms with Crippen molar-refractivity contribution in [3.63, 3.8) is 0 Å². The number of aryl methyl sites for hydroxylation is 1. The Balaban J connectivity index is 2.09. The van der Waals surface area contributed by atoms with E-state index in [4.69, 9.17) is 5.11 Å². The number of rotatable bonds is 8. The fourth-order valence-electron chi connectivity index (χ4n) is 1.66. The van der Waals surface area contributed by atoms with Gasteiger partial charge in [0.05, 0.1) is 11.6 Å². The quantitative estimate of drug-likeness (QED) is 0.686. The lowest BCUT2D eigenvalue weighted by molar-refractivity contribution is -0.137. The number of aliphatic carboxylic acids is 1. The van der Waals surface area contributed by atoms with Crippen molar-refractivity contribution in [1.82, 2.24) is 15.6 Å². The van der Waals surface area contributed by atoms with Crippen LogP contribution in [0.25, 0.3) is 0 Å². The largest absolute Gasteiger partial charge is 0.481 e. The van der Waals surface area contributed by atoms with Crippen molar-refractivity contribution in [2.75, 3.05) is 6.54 Å². The van der Waals surface area contributed by atoms with E-state index in [0.717, 1.165) is 16.3 Å². The second kappa shape index (κ2) is 8.52. The molecule has 0 aliphatic carbocycles. The van der Waals surface area contributed by atoms with Crippen molar-refractivity contribution in [3.8, 4) is 0 Å². The Bertz CT molecular complexity index is 448. The van der Waals surface area contributed by atoms with Gasteiger partial charge in [-0.15, -0.1) is 11.3 Å². The molecular formula is C13H21N3O3S. The van der Waals surface area contributed by atoms with Gasteiger partial charge in [-0.2, -0.15) is 0 Å². The molecule has 1 atom stereocenters. The number of hydrogen-bond donors (Lipinski definition) is 3. The first-order chi connectivity index (χ1) is 9.47. The number of aromatic nitrogens is 1. The van der Waals surface area contributed by atoms with E-state index in [1.165, 1.54) is 0 Å². The van der Waals surface area contributed by atoms with Gasteiger partial charge in [-0.25, -0.2) is 9.78 Å². The highest BCUT2D eigenvalue weighted by Gasteiger charge is 2.07. The lowest BCUT2D eigenvalue weighted by atomic mass is 10.0. The van der Waals surface area contributed by atoms with E-state index in [1.807, 2.05) is 13.8 Å². The highest BCUT2D eigenvalue weighted by Crippen LogP contribution is 2.11. The minimum atomic E-state index is -0.776. The van der Waals surface area contributed by atoms with Crippen molar-refractivity contribution in [2.24, 2.45) is 5.92 Å². The van der Waals surface area contributed by atoms with Crippen LogP contribution in [0.15, 0.2) is 6.20 Å². The second-order valence-corrected chi connectivity index (χ2v) is 6.10. The Kier molecular flexibility index (Phi) is 7.00. The van der Waals surface area contributed by atoms with Crippen molar-refractivity contribution in [2.45, 2.75) is 39.7 Å². The van der Waals surface area contributed by atoms with E-state index in [-0.39, 0.29) is 18.4 Å². The number of carboxylic acids is 1. The number of carbonyl (C=O) groups excluding carboxylic acids is 1. The van der Waals surface area contributed by atoms with E-state index in [0.29, 0.717) is 19.5 Å². The van der Waals surface area contributed by atoms with E-state index in [1.54, 1.807) is 17.5 Å². The van der Waals surface area contributed by atoms with Gasteiger partial charge in [0.2, 0.25) is 0 Å². The molecule has 1 aromatic rings. The van der Waals surface area contributed by atoms with E-state index in [9.17, 15) is 9.59 Å². The van der Waals surface area contributed by atoms with Crippen LogP contribution in [0.4, 0.5) is 4.79 Å². The molecule has 1 aromatic heterocycles. The fourth-order valence-corrected chi connectivity index (χ4v) is 2.40. The van der Waals surface area contributed by atoms with Gasteiger partial charge in [0.15, 0.2) is 0 Å². The van der Waals surface area contributed by atoms with Gasteiger partial charge >= 0.3 is 12.0 Å². The summed E-state index contributed by atoms with van der Waals surface area (Å²) < 4.78 is 0. The van der Waals surface area contributed by atoms with Crippen LogP contribution in [0, 0.1) is 12.8 Å². The molecule has 0 bridgehead atoms. The molecule has 20 heavy (non-hydrogen) atoms. The normalized spacial score (nSPS) is 11.9. The number of carbonyl (C=O) groups is 2. The van der Waals surface area contributed by atoms with Crippen LogP contribution in [0.3, 0.4) is 0 Å². The van der Waals surface area contributed by atoms with Crippen molar-refractivity contribution in [3.05, 3.63) is 16.1 Å². The molecule has 6 nitrogen and oxygen atoms in total. The van der Waals surface area contributed by atoms with Gasteiger partial charge in [0.1, 0.15) is 0 Å². The molecule has 0 fully saturated rings. The summed E-state index contributed by atoms with van der Waals surface area (Å²) in [4.78, 5) is 27.1. The molecule has 3 N–H and O–H groups in total. The van der Waals surface area contributed by atoms with Gasteiger partial charge in [0, 0.05) is 24.0 Å². The van der Waals surface area contributed by atoms with Crippen LogP contribution in [-0.2, 0) is 11.3 Å². The molecule has 0 aliphatic heterocycles. The Morgan fingerprint density at radius 1 is 1.40 bits per heavy atom. The van der Waals surface area contributed by atoms with Gasteiger partial charge in [-0.1, -0.05) is 6.92 Å². The standard InChI is InChI=1S/C13H21N3O3S/c1-9(3-4-12(17)18)5-6-14-13(19)16-8-11-7-15-10(2)20-11/h7,9H,3-6,8H2,1-2H3,(H,17,18)(H2,14,16,19). The maximum Gasteiger partial charge on any atom is 0.315 e. The molecule has 0 saturated carbocycles. The second-order valence-electron chi connectivity index (χ2n) is 4.78. The van der Waals surface area contributed by atoms with Crippen LogP contribution < -0.4 is 10.6 Å². The molecule has 1 heterocycles. The predicted molar refractivity (Wildman–Crippen MR) is 77.7 cm³/mol. The number of thiazole rings is 1. The van der Waals surface area contributed by atoms with Gasteiger partial charge < -0.3 is 15.7 Å². The van der Waals surface area contributed by atoms with E-state index in [2.05, 4.69) is 15.6 Å². The summed E-state index contributed by atoms with van der Waals surface area (Å²) in [7, 11) is 0. The third-order valence-electron chi connectivity index (χ3n) is 2.87. The van der Waals surface area contributed by atoms with Crippen molar-refractivity contribution >= 4 is 23.3 Å². The number of nitrogens with one attached hydrogen (secondary N) is 2. The highest BCUT2D eigenvalue weighted by atomic mass is 32.1. The summed E-state index contributed by atoms with van der Waals surface area (Å²) in [6.07, 6.45) is 3.35. The molecule has 0 aromatic carbocycles. The molecule has 2 amide bonds. The van der Waals surface area contributed by atoms with Gasteiger partial charge in [0.25, 0.3) is 0 Å². The summed E-state index contributed by atoms with van der Waals surface area (Å²) in [5, 5.41) is 15.1. The van der Waals surface area contributed by atoms with Crippen LogP contribution >= 0.6 is 11.3 Å². The Labute approximate surface area is 122 Å². The van der Waals surface area contributed by atoms with E-state index < -0.39 is 5.97 Å². The maximum absolute atomic E-state index is 11.5. The van der Waals surface area contributed by atoms with Crippen LogP contribution in [-0.4, -0.2) is 28.6 Å². The zero-order valence-corrected chi connectivity index (χ0v) is 12.6. The maximum atomic E-state index is 11.5. The van der Waals surface area contributed by atoms with Crippen LogP contribution in [0.5, 0.6) is 0 Å². The first-order valence-corrected chi connectivity index (χ1v) is 7.44. The molecule has 0 saturated heterocycles. The van der Waals surface area contributed by atoms with Crippen LogP contribution in [0.2, 0.25) is 0 Å².